The first-order chi connectivity index (χ1) is 24.0. The lowest BCUT2D eigenvalue weighted by Crippen LogP contribution is -2.53. The molecule has 3 atom stereocenters. The van der Waals surface area contributed by atoms with Crippen molar-refractivity contribution in [1.82, 2.24) is 10.3 Å². The topological polar surface area (TPSA) is 136 Å². The predicted octanol–water partition coefficient (Wildman–Crippen LogP) is 7.07. The Morgan fingerprint density at radius 1 is 1.10 bits per heavy atom. The molecule has 0 fully saturated rings. The molecule has 260 valence electrons. The van der Waals surface area contributed by atoms with Crippen molar-refractivity contribution < 1.29 is 33.7 Å². The summed E-state index contributed by atoms with van der Waals surface area (Å²) in [4.78, 5) is 47.4. The van der Waals surface area contributed by atoms with Crippen LogP contribution in [0.15, 0.2) is 76.9 Å². The Kier molecular flexibility index (Phi) is 10.00. The molecule has 1 unspecified atom stereocenters. The smallest absolute Gasteiger partial charge is 0.231 e. The molecule has 2 heterocycles. The number of aliphatic hydroxyl groups is 1. The Balaban J connectivity index is 1.30. The minimum atomic E-state index is -1.96. The van der Waals surface area contributed by atoms with Crippen molar-refractivity contribution >= 4 is 57.6 Å². The fourth-order valence-electron chi connectivity index (χ4n) is 6.85. The maximum atomic E-state index is 14.3. The van der Waals surface area contributed by atoms with Crippen LogP contribution in [0.1, 0.15) is 47.2 Å². The van der Waals surface area contributed by atoms with Gasteiger partial charge in [0.1, 0.15) is 27.9 Å². The van der Waals surface area contributed by atoms with Gasteiger partial charge in [0.05, 0.1) is 19.7 Å². The van der Waals surface area contributed by atoms with E-state index in [9.17, 15) is 19.5 Å². The molecule has 0 radical (unpaired) electrons. The highest BCUT2D eigenvalue weighted by atomic mass is 35.5. The number of thioether (sulfide) groups is 1. The van der Waals surface area contributed by atoms with E-state index in [1.54, 1.807) is 18.7 Å². The molecule has 10 nitrogen and oxygen atoms in total. The number of aromatic nitrogens is 1. The van der Waals surface area contributed by atoms with Crippen molar-refractivity contribution in [3.05, 3.63) is 93.7 Å². The molecule has 1 aliphatic carbocycles. The number of ketones is 2. The monoisotopic (exact) mass is 715 g/mol. The second-order valence-electron chi connectivity index (χ2n) is 12.4. The highest BCUT2D eigenvalue weighted by Gasteiger charge is 2.61. The van der Waals surface area contributed by atoms with E-state index in [-0.39, 0.29) is 64.5 Å². The van der Waals surface area contributed by atoms with Crippen LogP contribution < -0.4 is 24.8 Å². The number of pyridine rings is 1. The first kappa shape index (κ1) is 35.1. The van der Waals surface area contributed by atoms with Crippen LogP contribution in [-0.2, 0) is 9.59 Å². The Morgan fingerprint density at radius 3 is 2.52 bits per heavy atom. The summed E-state index contributed by atoms with van der Waals surface area (Å²) in [7, 11) is 2.82. The third-order valence-electron chi connectivity index (χ3n) is 9.44. The second kappa shape index (κ2) is 14.2. The van der Waals surface area contributed by atoms with E-state index < -0.39 is 29.0 Å². The number of halogens is 1. The largest absolute Gasteiger partial charge is 0.507 e. The van der Waals surface area contributed by atoms with Crippen molar-refractivity contribution in [2.75, 3.05) is 38.9 Å². The molecule has 4 aromatic rings. The zero-order chi connectivity index (χ0) is 35.7. The van der Waals surface area contributed by atoms with Gasteiger partial charge in [-0.2, -0.15) is 0 Å². The van der Waals surface area contributed by atoms with Gasteiger partial charge in [0.15, 0.2) is 17.3 Å². The number of ether oxygens (including phenoxy) is 3. The molecule has 1 aromatic heterocycles. The first-order valence-corrected chi connectivity index (χ1v) is 17.8. The lowest BCUT2D eigenvalue weighted by molar-refractivity contribution is -0.121. The molecule has 0 saturated carbocycles. The molecule has 6 rings (SSSR count). The summed E-state index contributed by atoms with van der Waals surface area (Å²) in [6, 6.07) is 18.8. The quantitative estimate of drug-likeness (QED) is 0.109. The number of hydrogen-bond donors (Lipinski definition) is 3. The standard InChI is InChI=1S/C38H38ClN3O7S/c1-20-16-30(42-26-9-7-6-8-24(20)26)40-14-15-41-31(44)18-25(22-10-12-23(50-5)13-11-22)32-27(43)17-21(2)38(36(32)45)37(46)33-28(47-3)19-29(48-4)34(39)35(33)49-38/h6-13,16,19,21,25,45H,14-15,17-18H2,1-5H3,(H,40,42)(H,41,44)/t21-,25?,38+/m1/s1. The molecular formula is C38H38ClN3O7S. The number of carbonyl (C=O) groups excluding carboxylic acids is 3. The summed E-state index contributed by atoms with van der Waals surface area (Å²) < 4.78 is 17.2. The SMILES string of the molecule is COc1cc(OC)c2c(c1Cl)O[C@]1(C2=O)C(O)=C(C(CC(=O)NCCNc2cc(C)c3ccccc3n2)c2ccc(SC)cc2)C(=O)C[C@H]1C. The summed E-state index contributed by atoms with van der Waals surface area (Å²) in [6.07, 6.45) is 1.67. The summed E-state index contributed by atoms with van der Waals surface area (Å²) in [5.41, 5.74) is 0.631. The van der Waals surface area contributed by atoms with Gasteiger partial charge in [0.2, 0.25) is 17.3 Å². The molecule has 12 heteroatoms. The highest BCUT2D eigenvalue weighted by molar-refractivity contribution is 7.98. The molecule has 1 spiro atoms. The zero-order valence-corrected chi connectivity index (χ0v) is 30.0. The molecule has 0 saturated heterocycles. The van der Waals surface area contributed by atoms with E-state index >= 15 is 0 Å². The normalized spacial score (nSPS) is 19.0. The minimum Gasteiger partial charge on any atom is -0.507 e. The minimum absolute atomic E-state index is 0.00202. The van der Waals surface area contributed by atoms with Crippen LogP contribution in [0.3, 0.4) is 0 Å². The fourth-order valence-corrected chi connectivity index (χ4v) is 7.52. The number of rotatable bonds is 11. The lowest BCUT2D eigenvalue weighted by Gasteiger charge is -2.38. The van der Waals surface area contributed by atoms with E-state index in [4.69, 9.17) is 25.8 Å². The number of nitrogens with one attached hydrogen (secondary N) is 2. The molecule has 50 heavy (non-hydrogen) atoms. The van der Waals surface area contributed by atoms with Gasteiger partial charge in [-0.1, -0.05) is 48.9 Å². The van der Waals surface area contributed by atoms with E-state index in [0.29, 0.717) is 17.9 Å². The molecule has 3 aromatic carbocycles. The third-order valence-corrected chi connectivity index (χ3v) is 10.5. The predicted molar refractivity (Wildman–Crippen MR) is 194 cm³/mol. The van der Waals surface area contributed by atoms with Gasteiger partial charge in [-0.3, -0.25) is 14.4 Å². The molecule has 2 aliphatic rings. The Bertz CT molecular complexity index is 2030. The van der Waals surface area contributed by atoms with Gasteiger partial charge < -0.3 is 30.0 Å². The number of aliphatic hydroxyl groups excluding tert-OH is 1. The number of nitrogens with zero attached hydrogens (tertiary/aromatic N) is 1. The molecule has 3 N–H and O–H groups in total. The molecule has 0 bridgehead atoms. The van der Waals surface area contributed by atoms with Crippen LogP contribution >= 0.6 is 23.4 Å². The van der Waals surface area contributed by atoms with Crippen molar-refractivity contribution in [3.8, 4) is 17.2 Å². The molecule has 1 aliphatic heterocycles. The van der Waals surface area contributed by atoms with Gasteiger partial charge >= 0.3 is 0 Å². The number of carbonyl (C=O) groups is 3. The number of aryl methyl sites for hydroxylation is 1. The summed E-state index contributed by atoms with van der Waals surface area (Å²) >= 11 is 8.16. The average Bonchev–Trinajstić information content (AvgIpc) is 3.43. The fraction of sp³-hybridized carbons (Fsp3) is 0.316. The van der Waals surface area contributed by atoms with Crippen LogP contribution in [0.4, 0.5) is 5.82 Å². The van der Waals surface area contributed by atoms with Crippen LogP contribution in [-0.4, -0.2) is 66.7 Å². The van der Waals surface area contributed by atoms with E-state index in [0.717, 1.165) is 21.4 Å². The summed E-state index contributed by atoms with van der Waals surface area (Å²) in [5, 5.41) is 19.4. The van der Waals surface area contributed by atoms with Gasteiger partial charge in [0.25, 0.3) is 0 Å². The maximum Gasteiger partial charge on any atom is 0.231 e. The number of hydrogen-bond acceptors (Lipinski definition) is 10. The van der Waals surface area contributed by atoms with Gasteiger partial charge in [-0.25, -0.2) is 4.98 Å². The Labute approximate surface area is 299 Å². The Morgan fingerprint density at radius 2 is 1.82 bits per heavy atom. The second-order valence-corrected chi connectivity index (χ2v) is 13.7. The van der Waals surface area contributed by atoms with Crippen molar-refractivity contribution in [1.29, 1.82) is 0 Å². The number of Topliss-reactive ketones (excluding diaryl/α,β-unsaturated/α-hetero) is 2. The first-order valence-electron chi connectivity index (χ1n) is 16.2. The highest BCUT2D eigenvalue weighted by Crippen LogP contribution is 2.55. The number of amides is 1. The van der Waals surface area contributed by atoms with Gasteiger partial charge in [0, 0.05) is 59.7 Å². The van der Waals surface area contributed by atoms with Gasteiger partial charge in [-0.15, -0.1) is 11.8 Å². The van der Waals surface area contributed by atoms with Crippen LogP contribution in [0.5, 0.6) is 17.2 Å². The number of benzene rings is 3. The van der Waals surface area contributed by atoms with Crippen LogP contribution in [0.2, 0.25) is 5.02 Å². The number of allylic oxidation sites excluding steroid dienone is 1. The summed E-state index contributed by atoms with van der Waals surface area (Å²) in [5.74, 6) is -2.42. The molecule has 1 amide bonds. The summed E-state index contributed by atoms with van der Waals surface area (Å²) in [6.45, 7) is 4.38. The van der Waals surface area contributed by atoms with Crippen molar-refractivity contribution in [2.24, 2.45) is 5.92 Å². The number of fused-ring (bicyclic) bond motifs is 2. The van der Waals surface area contributed by atoms with E-state index in [1.165, 1.54) is 20.3 Å². The number of para-hydroxylation sites is 1. The van der Waals surface area contributed by atoms with Crippen molar-refractivity contribution in [2.45, 2.75) is 43.1 Å². The molecular weight excluding hydrogens is 678 g/mol. The maximum absolute atomic E-state index is 14.3. The van der Waals surface area contributed by atoms with Gasteiger partial charge in [-0.05, 0) is 48.6 Å². The Hall–Kier alpha value is -4.74. The van der Waals surface area contributed by atoms with Crippen LogP contribution in [0.25, 0.3) is 10.9 Å². The number of anilines is 1. The zero-order valence-electron chi connectivity index (χ0n) is 28.4. The average molecular weight is 716 g/mol. The van der Waals surface area contributed by atoms with E-state index in [1.807, 2.05) is 67.8 Å². The van der Waals surface area contributed by atoms with Crippen LogP contribution in [0, 0.1) is 12.8 Å². The third kappa shape index (κ3) is 6.13. The van der Waals surface area contributed by atoms with E-state index in [2.05, 4.69) is 15.6 Å². The number of methoxy groups -OCH3 is 2. The van der Waals surface area contributed by atoms with Crippen molar-refractivity contribution in [3.63, 3.8) is 0 Å². The lowest BCUT2D eigenvalue weighted by atomic mass is 9.69.